The number of nitrogens with one attached hydrogen (secondary N) is 1. The number of anilines is 2. The van der Waals surface area contributed by atoms with Crippen molar-refractivity contribution in [2.45, 2.75) is 58.5 Å². The normalized spacial score (nSPS) is 15.7. The molecule has 3 aromatic rings. The third kappa shape index (κ3) is 5.80. The first kappa shape index (κ1) is 28.3. The summed E-state index contributed by atoms with van der Waals surface area (Å²) in [5, 5.41) is 2.91. The minimum absolute atomic E-state index is 0. The fourth-order valence-corrected chi connectivity index (χ4v) is 5.56. The van der Waals surface area contributed by atoms with Gasteiger partial charge in [-0.05, 0) is 51.4 Å². The molecule has 0 atom stereocenters. The number of hydrogen-bond acceptors (Lipinski definition) is 6. The van der Waals surface area contributed by atoms with Crippen LogP contribution in [-0.4, -0.2) is 62.5 Å². The number of fused-ring (bicyclic) bond motifs is 1. The van der Waals surface area contributed by atoms with Crippen LogP contribution in [0.3, 0.4) is 0 Å². The number of hydrogen-bond donors (Lipinski definition) is 1. The SMILES string of the molecule is CCN(CCn1cc(-c2ccc(F)c(Cl)c2)nc1C1CCN(c2ncnc3c2CC(=O)N3)CC1)C(C)C.Cl. The molecule has 2 aliphatic rings. The number of likely N-dealkylation sites (N-methyl/N-ethyl adjacent to an activating group) is 1. The second-order valence-corrected chi connectivity index (χ2v) is 10.4. The zero-order valence-electron chi connectivity index (χ0n) is 22.0. The largest absolute Gasteiger partial charge is 0.356 e. The Morgan fingerprint density at radius 1 is 1.24 bits per heavy atom. The van der Waals surface area contributed by atoms with Crippen molar-refractivity contribution in [1.29, 1.82) is 0 Å². The average Bonchev–Trinajstić information content (AvgIpc) is 3.49. The van der Waals surface area contributed by atoms with Gasteiger partial charge in [0, 0.05) is 55.5 Å². The highest BCUT2D eigenvalue weighted by Crippen LogP contribution is 2.35. The Morgan fingerprint density at radius 2 is 2.00 bits per heavy atom. The molecule has 5 rings (SSSR count). The quantitative estimate of drug-likeness (QED) is 0.409. The standard InChI is InChI=1S/C27H33ClFN7O.ClH/c1-4-34(17(2)3)11-12-36-15-23(19-5-6-22(29)21(28)13-19)32-26(36)18-7-9-35(10-8-18)27-20-14-24(37)33-25(20)30-16-31-27;/h5-6,13,15-18H,4,7-12,14H2,1-3H3,(H,30,31,33,37);1H. The van der Waals surface area contributed by atoms with Crippen LogP contribution in [0.15, 0.2) is 30.7 Å². The number of nitrogens with zero attached hydrogens (tertiary/aromatic N) is 6. The van der Waals surface area contributed by atoms with Crippen LogP contribution in [-0.2, 0) is 17.8 Å². The number of carbonyl (C=O) groups excluding carboxylic acids is 1. The second kappa shape index (κ2) is 12.0. The lowest BCUT2D eigenvalue weighted by atomic mass is 9.95. The fourth-order valence-electron chi connectivity index (χ4n) is 5.38. The number of halogens is 3. The minimum atomic E-state index is -0.430. The number of carbonyl (C=O) groups is 1. The van der Waals surface area contributed by atoms with Gasteiger partial charge < -0.3 is 14.8 Å². The Hall–Kier alpha value is -2.75. The molecule has 4 heterocycles. The van der Waals surface area contributed by atoms with Crippen LogP contribution in [0.4, 0.5) is 16.0 Å². The highest BCUT2D eigenvalue weighted by molar-refractivity contribution is 6.31. The maximum Gasteiger partial charge on any atom is 0.230 e. The van der Waals surface area contributed by atoms with Crippen molar-refractivity contribution in [2.24, 2.45) is 0 Å². The Kier molecular flexibility index (Phi) is 8.90. The molecule has 0 aliphatic carbocycles. The van der Waals surface area contributed by atoms with Crippen molar-refractivity contribution in [3.63, 3.8) is 0 Å². The molecule has 11 heteroatoms. The van der Waals surface area contributed by atoms with Crippen LogP contribution in [0.1, 0.15) is 50.9 Å². The summed E-state index contributed by atoms with van der Waals surface area (Å²) in [5.41, 5.74) is 2.51. The van der Waals surface area contributed by atoms with E-state index in [-0.39, 0.29) is 29.3 Å². The summed E-state index contributed by atoms with van der Waals surface area (Å²) in [6.45, 7) is 11.0. The van der Waals surface area contributed by atoms with E-state index in [9.17, 15) is 9.18 Å². The molecule has 0 bridgehead atoms. The molecule has 1 saturated heterocycles. The first-order chi connectivity index (χ1) is 17.8. The van der Waals surface area contributed by atoms with Crippen molar-refractivity contribution in [3.8, 4) is 11.3 Å². The van der Waals surface area contributed by atoms with Crippen molar-refractivity contribution < 1.29 is 9.18 Å². The summed E-state index contributed by atoms with van der Waals surface area (Å²) >= 11 is 6.08. The molecular formula is C27H34Cl2FN7O. The molecule has 38 heavy (non-hydrogen) atoms. The first-order valence-electron chi connectivity index (χ1n) is 13.0. The predicted molar refractivity (Wildman–Crippen MR) is 151 cm³/mol. The third-order valence-corrected chi connectivity index (χ3v) is 7.75. The number of benzene rings is 1. The van der Waals surface area contributed by atoms with Crippen molar-refractivity contribution >= 4 is 41.6 Å². The van der Waals surface area contributed by atoms with E-state index in [4.69, 9.17) is 16.6 Å². The molecule has 204 valence electrons. The topological polar surface area (TPSA) is 79.2 Å². The van der Waals surface area contributed by atoms with Gasteiger partial charge in [0.05, 0.1) is 17.1 Å². The Morgan fingerprint density at radius 3 is 2.68 bits per heavy atom. The first-order valence-corrected chi connectivity index (χ1v) is 13.4. The van der Waals surface area contributed by atoms with Gasteiger partial charge in [0.2, 0.25) is 5.91 Å². The molecule has 1 fully saturated rings. The van der Waals surface area contributed by atoms with Gasteiger partial charge >= 0.3 is 0 Å². The van der Waals surface area contributed by atoms with Gasteiger partial charge in [-0.25, -0.2) is 19.3 Å². The van der Waals surface area contributed by atoms with Crippen LogP contribution in [0.5, 0.6) is 0 Å². The Bertz CT molecular complexity index is 1290. The molecular weight excluding hydrogens is 528 g/mol. The summed E-state index contributed by atoms with van der Waals surface area (Å²) in [6, 6.07) is 5.24. The smallest absolute Gasteiger partial charge is 0.230 e. The van der Waals surface area contributed by atoms with E-state index < -0.39 is 5.82 Å². The van der Waals surface area contributed by atoms with Crippen LogP contribution < -0.4 is 10.2 Å². The molecule has 2 aromatic heterocycles. The minimum Gasteiger partial charge on any atom is -0.356 e. The Labute approximate surface area is 234 Å². The van der Waals surface area contributed by atoms with E-state index in [0.29, 0.717) is 18.3 Å². The Balaban J connectivity index is 0.00000336. The highest BCUT2D eigenvalue weighted by Gasteiger charge is 2.30. The molecule has 0 saturated carbocycles. The molecule has 0 spiro atoms. The van der Waals surface area contributed by atoms with Crippen molar-refractivity contribution in [1.82, 2.24) is 24.4 Å². The van der Waals surface area contributed by atoms with E-state index in [1.165, 1.54) is 12.4 Å². The number of rotatable bonds is 8. The van der Waals surface area contributed by atoms with Crippen LogP contribution in [0.25, 0.3) is 11.3 Å². The predicted octanol–water partition coefficient (Wildman–Crippen LogP) is 5.16. The molecule has 0 radical (unpaired) electrons. The number of piperidine rings is 1. The van der Waals surface area contributed by atoms with Crippen LogP contribution >= 0.6 is 24.0 Å². The van der Waals surface area contributed by atoms with Crippen LogP contribution in [0, 0.1) is 5.82 Å². The van der Waals surface area contributed by atoms with Crippen molar-refractivity contribution in [3.05, 3.63) is 53.0 Å². The molecule has 8 nitrogen and oxygen atoms in total. The maximum absolute atomic E-state index is 13.8. The van der Waals surface area contributed by atoms with E-state index in [0.717, 1.165) is 74.0 Å². The van der Waals surface area contributed by atoms with Gasteiger partial charge in [-0.15, -0.1) is 12.4 Å². The fraction of sp³-hybridized carbons (Fsp3) is 0.481. The third-order valence-electron chi connectivity index (χ3n) is 7.46. The molecule has 1 aromatic carbocycles. The van der Waals surface area contributed by atoms with Gasteiger partial charge in [-0.1, -0.05) is 18.5 Å². The second-order valence-electron chi connectivity index (χ2n) is 10.0. The lowest BCUT2D eigenvalue weighted by Crippen LogP contribution is -2.36. The van der Waals surface area contributed by atoms with Gasteiger partial charge in [0.25, 0.3) is 0 Å². The summed E-state index contributed by atoms with van der Waals surface area (Å²) in [5.74, 6) is 2.35. The summed E-state index contributed by atoms with van der Waals surface area (Å²) in [4.78, 5) is 30.4. The number of imidazole rings is 1. The summed E-state index contributed by atoms with van der Waals surface area (Å²) < 4.78 is 16.1. The van der Waals surface area contributed by atoms with E-state index in [2.05, 4.69) is 56.6 Å². The zero-order chi connectivity index (χ0) is 26.1. The number of aromatic nitrogens is 4. The monoisotopic (exact) mass is 561 g/mol. The van der Waals surface area contributed by atoms with Gasteiger partial charge in [-0.2, -0.15) is 0 Å². The summed E-state index contributed by atoms with van der Waals surface area (Å²) in [7, 11) is 0. The molecule has 0 unspecified atom stereocenters. The van der Waals surface area contributed by atoms with Gasteiger partial charge in [0.1, 0.15) is 29.6 Å². The molecule has 1 amide bonds. The lowest BCUT2D eigenvalue weighted by Gasteiger charge is -2.33. The highest BCUT2D eigenvalue weighted by atomic mass is 35.5. The lowest BCUT2D eigenvalue weighted by molar-refractivity contribution is -0.115. The zero-order valence-corrected chi connectivity index (χ0v) is 23.5. The van der Waals surface area contributed by atoms with Crippen LogP contribution in [0.2, 0.25) is 5.02 Å². The average molecular weight is 563 g/mol. The molecule has 1 N–H and O–H groups in total. The van der Waals surface area contributed by atoms with E-state index in [1.807, 2.05) is 0 Å². The van der Waals surface area contributed by atoms with E-state index >= 15 is 0 Å². The number of amides is 1. The summed E-state index contributed by atoms with van der Waals surface area (Å²) in [6.07, 6.45) is 5.76. The molecule has 2 aliphatic heterocycles. The van der Waals surface area contributed by atoms with Gasteiger partial charge in [-0.3, -0.25) is 9.69 Å². The van der Waals surface area contributed by atoms with E-state index in [1.54, 1.807) is 12.1 Å². The maximum atomic E-state index is 13.8. The van der Waals surface area contributed by atoms with Gasteiger partial charge in [0.15, 0.2) is 0 Å². The van der Waals surface area contributed by atoms with Crippen molar-refractivity contribution in [2.75, 3.05) is 36.4 Å².